The van der Waals surface area contributed by atoms with Crippen molar-refractivity contribution < 1.29 is 4.74 Å². The van der Waals surface area contributed by atoms with Crippen molar-refractivity contribution in [3.8, 4) is 0 Å². The molecular formula is C6H11NO. The molecule has 8 heavy (non-hydrogen) atoms. The number of hydrogen-bond acceptors (Lipinski definition) is 2. The summed E-state index contributed by atoms with van der Waals surface area (Å²) in [5.74, 6) is 0.384. The van der Waals surface area contributed by atoms with Crippen molar-refractivity contribution in [1.29, 1.82) is 0 Å². The van der Waals surface area contributed by atoms with Gasteiger partial charge in [-0.15, -0.1) is 6.58 Å². The van der Waals surface area contributed by atoms with Gasteiger partial charge >= 0.3 is 0 Å². The molecule has 0 radical (unpaired) electrons. The molecule has 0 aromatic heterocycles. The van der Waals surface area contributed by atoms with Crippen molar-refractivity contribution in [1.82, 2.24) is 0 Å². The first-order valence-electron chi connectivity index (χ1n) is 2.80. The molecule has 1 fully saturated rings. The molecule has 2 unspecified atom stereocenters. The van der Waals surface area contributed by atoms with Crippen LogP contribution in [0.2, 0.25) is 0 Å². The fourth-order valence-corrected chi connectivity index (χ4v) is 0.830. The van der Waals surface area contributed by atoms with E-state index >= 15 is 0 Å². The second-order valence-corrected chi connectivity index (χ2v) is 2.10. The van der Waals surface area contributed by atoms with Crippen molar-refractivity contribution in [2.24, 2.45) is 11.7 Å². The number of nitrogens with two attached hydrogens (primary N) is 1. The second-order valence-electron chi connectivity index (χ2n) is 2.10. The largest absolute Gasteiger partial charge is 0.379 e. The Bertz CT molecular complexity index is 92.5. The van der Waals surface area contributed by atoms with Gasteiger partial charge in [0.05, 0.1) is 13.2 Å². The Morgan fingerprint density at radius 1 is 1.62 bits per heavy atom. The Hall–Kier alpha value is -0.340. The maximum atomic E-state index is 5.59. The highest BCUT2D eigenvalue weighted by atomic mass is 16.5. The molecule has 1 heterocycles. The zero-order chi connectivity index (χ0) is 5.98. The SMILES string of the molecule is C=CC1COCC1N. The van der Waals surface area contributed by atoms with Gasteiger partial charge in [-0.2, -0.15) is 0 Å². The molecule has 0 amide bonds. The van der Waals surface area contributed by atoms with Crippen LogP contribution in [0.4, 0.5) is 0 Å². The van der Waals surface area contributed by atoms with Crippen molar-refractivity contribution >= 4 is 0 Å². The molecule has 1 rings (SSSR count). The molecule has 0 spiro atoms. The summed E-state index contributed by atoms with van der Waals surface area (Å²) in [5, 5.41) is 0. The summed E-state index contributed by atoms with van der Waals surface area (Å²) in [5.41, 5.74) is 5.59. The molecule has 2 N–H and O–H groups in total. The van der Waals surface area contributed by atoms with Gasteiger partial charge in [0.25, 0.3) is 0 Å². The fraction of sp³-hybridized carbons (Fsp3) is 0.667. The predicted octanol–water partition coefficient (Wildman–Crippen LogP) is 0.146. The first kappa shape index (κ1) is 5.79. The van der Waals surface area contributed by atoms with E-state index in [9.17, 15) is 0 Å². The topological polar surface area (TPSA) is 35.2 Å². The Kier molecular flexibility index (Phi) is 1.65. The summed E-state index contributed by atoms with van der Waals surface area (Å²) in [6.45, 7) is 5.08. The van der Waals surface area contributed by atoms with E-state index in [1.807, 2.05) is 6.08 Å². The number of rotatable bonds is 1. The maximum absolute atomic E-state index is 5.59. The monoisotopic (exact) mass is 113 g/mol. The van der Waals surface area contributed by atoms with Crippen LogP contribution in [0.1, 0.15) is 0 Å². The Morgan fingerprint density at radius 3 is 2.62 bits per heavy atom. The van der Waals surface area contributed by atoms with Crippen LogP contribution in [0.15, 0.2) is 12.7 Å². The summed E-state index contributed by atoms with van der Waals surface area (Å²) in [7, 11) is 0. The first-order chi connectivity index (χ1) is 3.84. The molecule has 0 aromatic carbocycles. The van der Waals surface area contributed by atoms with Crippen LogP contribution in [-0.4, -0.2) is 19.3 Å². The number of ether oxygens (including phenoxy) is 1. The van der Waals surface area contributed by atoms with Crippen LogP contribution >= 0.6 is 0 Å². The third-order valence-electron chi connectivity index (χ3n) is 1.47. The fourth-order valence-electron chi connectivity index (χ4n) is 0.830. The average Bonchev–Trinajstić information content (AvgIpc) is 2.14. The lowest BCUT2D eigenvalue weighted by Crippen LogP contribution is -2.26. The summed E-state index contributed by atoms with van der Waals surface area (Å²) in [6.07, 6.45) is 1.86. The molecule has 2 atom stereocenters. The summed E-state index contributed by atoms with van der Waals surface area (Å²) in [6, 6.07) is 0.187. The van der Waals surface area contributed by atoms with Gasteiger partial charge < -0.3 is 10.5 Å². The second kappa shape index (κ2) is 2.29. The van der Waals surface area contributed by atoms with E-state index in [4.69, 9.17) is 10.5 Å². The zero-order valence-electron chi connectivity index (χ0n) is 4.84. The molecule has 0 saturated carbocycles. The molecule has 2 heteroatoms. The molecule has 0 aromatic rings. The minimum atomic E-state index is 0.187. The smallest absolute Gasteiger partial charge is 0.0624 e. The van der Waals surface area contributed by atoms with E-state index in [2.05, 4.69) is 6.58 Å². The Balaban J connectivity index is 2.41. The molecule has 0 aliphatic carbocycles. The number of hydrogen-bond donors (Lipinski definition) is 1. The van der Waals surface area contributed by atoms with Gasteiger partial charge in [0.2, 0.25) is 0 Å². The van der Waals surface area contributed by atoms with E-state index < -0.39 is 0 Å². The van der Waals surface area contributed by atoms with Crippen LogP contribution in [0.5, 0.6) is 0 Å². The van der Waals surface area contributed by atoms with Gasteiger partial charge in [-0.3, -0.25) is 0 Å². The normalized spacial score (nSPS) is 37.6. The first-order valence-corrected chi connectivity index (χ1v) is 2.80. The van der Waals surface area contributed by atoms with E-state index in [0.29, 0.717) is 12.5 Å². The van der Waals surface area contributed by atoms with Crippen molar-refractivity contribution in [2.45, 2.75) is 6.04 Å². The highest BCUT2D eigenvalue weighted by molar-refractivity contribution is 4.90. The van der Waals surface area contributed by atoms with E-state index in [0.717, 1.165) is 6.61 Å². The van der Waals surface area contributed by atoms with Crippen LogP contribution < -0.4 is 5.73 Å². The molecule has 1 saturated heterocycles. The summed E-state index contributed by atoms with van der Waals surface area (Å²) in [4.78, 5) is 0. The van der Waals surface area contributed by atoms with Gasteiger partial charge in [0.15, 0.2) is 0 Å². The van der Waals surface area contributed by atoms with Gasteiger partial charge in [-0.25, -0.2) is 0 Å². The predicted molar refractivity (Wildman–Crippen MR) is 32.5 cm³/mol. The Labute approximate surface area is 49.3 Å². The van der Waals surface area contributed by atoms with E-state index in [-0.39, 0.29) is 6.04 Å². The lowest BCUT2D eigenvalue weighted by atomic mass is 10.1. The summed E-state index contributed by atoms with van der Waals surface area (Å²) < 4.78 is 5.06. The Morgan fingerprint density at radius 2 is 2.38 bits per heavy atom. The average molecular weight is 113 g/mol. The highest BCUT2D eigenvalue weighted by Crippen LogP contribution is 2.10. The summed E-state index contributed by atoms with van der Waals surface area (Å²) >= 11 is 0. The molecule has 2 nitrogen and oxygen atoms in total. The third-order valence-corrected chi connectivity index (χ3v) is 1.47. The molecule has 1 aliphatic heterocycles. The quantitative estimate of drug-likeness (QED) is 0.491. The van der Waals surface area contributed by atoms with E-state index in [1.54, 1.807) is 0 Å². The highest BCUT2D eigenvalue weighted by Gasteiger charge is 2.20. The maximum Gasteiger partial charge on any atom is 0.0624 e. The minimum absolute atomic E-state index is 0.187. The standard InChI is InChI=1S/C6H11NO/c1-2-5-3-8-4-6(5)7/h2,5-6H,1,3-4,7H2. The third kappa shape index (κ3) is 0.904. The van der Waals surface area contributed by atoms with Crippen molar-refractivity contribution in [3.05, 3.63) is 12.7 Å². The van der Waals surface area contributed by atoms with Crippen molar-refractivity contribution in [2.75, 3.05) is 13.2 Å². The zero-order valence-corrected chi connectivity index (χ0v) is 4.84. The lowest BCUT2D eigenvalue weighted by molar-refractivity contribution is 0.189. The minimum Gasteiger partial charge on any atom is -0.379 e. The van der Waals surface area contributed by atoms with E-state index in [1.165, 1.54) is 0 Å². The van der Waals surface area contributed by atoms with Crippen LogP contribution in [0, 0.1) is 5.92 Å². The van der Waals surface area contributed by atoms with Crippen molar-refractivity contribution in [3.63, 3.8) is 0 Å². The van der Waals surface area contributed by atoms with Gasteiger partial charge in [-0.1, -0.05) is 6.08 Å². The van der Waals surface area contributed by atoms with Gasteiger partial charge in [-0.05, 0) is 0 Å². The van der Waals surface area contributed by atoms with Crippen LogP contribution in [-0.2, 0) is 4.74 Å². The lowest BCUT2D eigenvalue weighted by Gasteiger charge is -2.04. The molecular weight excluding hydrogens is 102 g/mol. The van der Waals surface area contributed by atoms with Gasteiger partial charge in [0.1, 0.15) is 0 Å². The van der Waals surface area contributed by atoms with Gasteiger partial charge in [0, 0.05) is 12.0 Å². The van der Waals surface area contributed by atoms with Crippen LogP contribution in [0.3, 0.4) is 0 Å². The van der Waals surface area contributed by atoms with Crippen LogP contribution in [0.25, 0.3) is 0 Å². The molecule has 0 bridgehead atoms. The molecule has 1 aliphatic rings. The molecule has 46 valence electrons.